The van der Waals surface area contributed by atoms with Crippen LogP contribution in [0, 0.1) is 0 Å². The van der Waals surface area contributed by atoms with Crippen molar-refractivity contribution in [3.63, 3.8) is 0 Å². The number of hydrogen-bond acceptors (Lipinski definition) is 2. The number of hydrogen-bond donors (Lipinski definition) is 3. The summed E-state index contributed by atoms with van der Waals surface area (Å²) >= 11 is 5.83. The lowest BCUT2D eigenvalue weighted by molar-refractivity contribution is 0.182. The van der Waals surface area contributed by atoms with Gasteiger partial charge in [-0.3, -0.25) is 0 Å². The highest BCUT2D eigenvalue weighted by Gasteiger charge is 2.18. The molecule has 0 atom stereocenters. The molecule has 0 saturated carbocycles. The standard InChI is InChI=1S/C12H17ClN2O2/c1-12(2,8-16)15-11(17)14-7-9-4-3-5-10(13)6-9/h3-6,16H,7-8H2,1-2H3,(H2,14,15,17). The SMILES string of the molecule is CC(C)(CO)NC(=O)NCc1cccc(Cl)c1. The van der Waals surface area contributed by atoms with Crippen molar-refractivity contribution in [1.82, 2.24) is 10.6 Å². The zero-order valence-electron chi connectivity index (χ0n) is 9.96. The van der Waals surface area contributed by atoms with Crippen LogP contribution in [0.4, 0.5) is 4.79 Å². The minimum atomic E-state index is -0.627. The van der Waals surface area contributed by atoms with E-state index in [-0.39, 0.29) is 12.6 Å². The van der Waals surface area contributed by atoms with Crippen LogP contribution in [0.2, 0.25) is 5.02 Å². The number of rotatable bonds is 4. The molecule has 1 aromatic carbocycles. The molecule has 17 heavy (non-hydrogen) atoms. The Morgan fingerprint density at radius 2 is 2.18 bits per heavy atom. The van der Waals surface area contributed by atoms with Gasteiger partial charge in [0.15, 0.2) is 0 Å². The van der Waals surface area contributed by atoms with E-state index in [1.165, 1.54) is 0 Å². The number of carbonyl (C=O) groups excluding carboxylic acids is 1. The molecule has 0 aromatic heterocycles. The fourth-order valence-corrected chi connectivity index (χ4v) is 1.43. The van der Waals surface area contributed by atoms with E-state index in [4.69, 9.17) is 16.7 Å². The van der Waals surface area contributed by atoms with Gasteiger partial charge in [0.1, 0.15) is 0 Å². The van der Waals surface area contributed by atoms with Crippen LogP contribution in [0.1, 0.15) is 19.4 Å². The Kier molecular flexibility index (Phi) is 4.78. The molecule has 0 radical (unpaired) electrons. The summed E-state index contributed by atoms with van der Waals surface area (Å²) in [5, 5.41) is 15.0. The lowest BCUT2D eigenvalue weighted by Gasteiger charge is -2.23. The molecule has 1 aromatic rings. The summed E-state index contributed by atoms with van der Waals surface area (Å²) in [7, 11) is 0. The average Bonchev–Trinajstić information content (AvgIpc) is 2.26. The van der Waals surface area contributed by atoms with Crippen molar-refractivity contribution >= 4 is 17.6 Å². The zero-order chi connectivity index (χ0) is 12.9. The van der Waals surface area contributed by atoms with Gasteiger partial charge in [-0.2, -0.15) is 0 Å². The van der Waals surface area contributed by atoms with E-state index in [2.05, 4.69) is 10.6 Å². The van der Waals surface area contributed by atoms with Crippen LogP contribution < -0.4 is 10.6 Å². The van der Waals surface area contributed by atoms with Gasteiger partial charge in [-0.25, -0.2) is 4.79 Å². The van der Waals surface area contributed by atoms with Crippen molar-refractivity contribution in [2.45, 2.75) is 25.9 Å². The van der Waals surface area contributed by atoms with Crippen molar-refractivity contribution in [3.05, 3.63) is 34.9 Å². The summed E-state index contributed by atoms with van der Waals surface area (Å²) in [4.78, 5) is 11.5. The predicted molar refractivity (Wildman–Crippen MR) is 68.0 cm³/mol. The van der Waals surface area contributed by atoms with Crippen molar-refractivity contribution in [2.75, 3.05) is 6.61 Å². The fourth-order valence-electron chi connectivity index (χ4n) is 1.22. The Bertz CT molecular complexity index is 394. The molecule has 2 amide bonds. The molecular formula is C12H17ClN2O2. The molecule has 0 fully saturated rings. The van der Waals surface area contributed by atoms with Crippen LogP contribution in [-0.2, 0) is 6.54 Å². The molecule has 0 aliphatic rings. The predicted octanol–water partition coefficient (Wildman–Crippen LogP) is 1.91. The average molecular weight is 257 g/mol. The Balaban J connectivity index is 2.44. The lowest BCUT2D eigenvalue weighted by Crippen LogP contribution is -2.50. The minimum Gasteiger partial charge on any atom is -0.394 e. The minimum absolute atomic E-state index is 0.114. The summed E-state index contributed by atoms with van der Waals surface area (Å²) in [5.41, 5.74) is 0.299. The van der Waals surface area contributed by atoms with Gasteiger partial charge < -0.3 is 15.7 Å². The van der Waals surface area contributed by atoms with Crippen LogP contribution >= 0.6 is 11.6 Å². The second kappa shape index (κ2) is 5.89. The second-order valence-corrected chi connectivity index (χ2v) is 4.92. The Labute approximate surface area is 106 Å². The van der Waals surface area contributed by atoms with Crippen molar-refractivity contribution in [2.24, 2.45) is 0 Å². The molecule has 5 heteroatoms. The highest BCUT2D eigenvalue weighted by Crippen LogP contribution is 2.10. The normalized spacial score (nSPS) is 11.1. The van der Waals surface area contributed by atoms with E-state index in [1.807, 2.05) is 12.1 Å². The quantitative estimate of drug-likeness (QED) is 0.771. The summed E-state index contributed by atoms with van der Waals surface area (Å²) in [6, 6.07) is 6.96. The van der Waals surface area contributed by atoms with Crippen molar-refractivity contribution in [1.29, 1.82) is 0 Å². The molecule has 3 N–H and O–H groups in total. The number of amides is 2. The monoisotopic (exact) mass is 256 g/mol. The van der Waals surface area contributed by atoms with E-state index in [1.54, 1.807) is 26.0 Å². The Hall–Kier alpha value is -1.26. The smallest absolute Gasteiger partial charge is 0.315 e. The highest BCUT2D eigenvalue weighted by atomic mass is 35.5. The van der Waals surface area contributed by atoms with Gasteiger partial charge in [0.2, 0.25) is 0 Å². The first kappa shape index (κ1) is 13.8. The maximum atomic E-state index is 11.5. The molecule has 0 aliphatic heterocycles. The number of aliphatic hydroxyl groups excluding tert-OH is 1. The first-order valence-corrected chi connectivity index (χ1v) is 5.72. The van der Waals surface area contributed by atoms with Crippen LogP contribution in [-0.4, -0.2) is 23.3 Å². The number of halogens is 1. The van der Waals surface area contributed by atoms with E-state index >= 15 is 0 Å². The topological polar surface area (TPSA) is 61.4 Å². The van der Waals surface area contributed by atoms with Crippen molar-refractivity contribution < 1.29 is 9.90 Å². The fraction of sp³-hybridized carbons (Fsp3) is 0.417. The highest BCUT2D eigenvalue weighted by molar-refractivity contribution is 6.30. The first-order chi connectivity index (χ1) is 7.93. The summed E-state index contributed by atoms with van der Waals surface area (Å²) < 4.78 is 0. The third kappa shape index (κ3) is 5.06. The molecule has 94 valence electrons. The Morgan fingerprint density at radius 1 is 1.47 bits per heavy atom. The van der Waals surface area contributed by atoms with Gasteiger partial charge in [-0.05, 0) is 31.5 Å². The van der Waals surface area contributed by atoms with E-state index in [0.717, 1.165) is 5.56 Å². The number of carbonyl (C=O) groups is 1. The van der Waals surface area contributed by atoms with Gasteiger partial charge in [-0.1, -0.05) is 23.7 Å². The van der Waals surface area contributed by atoms with Gasteiger partial charge >= 0.3 is 6.03 Å². The first-order valence-electron chi connectivity index (χ1n) is 5.34. The zero-order valence-corrected chi connectivity index (χ0v) is 10.7. The molecule has 0 aliphatic carbocycles. The molecular weight excluding hydrogens is 240 g/mol. The molecule has 0 bridgehead atoms. The molecule has 0 saturated heterocycles. The van der Waals surface area contributed by atoms with Crippen LogP contribution in [0.3, 0.4) is 0 Å². The molecule has 1 rings (SSSR count). The number of aliphatic hydroxyl groups is 1. The van der Waals surface area contributed by atoms with E-state index < -0.39 is 5.54 Å². The van der Waals surface area contributed by atoms with Crippen molar-refractivity contribution in [3.8, 4) is 0 Å². The summed E-state index contributed by atoms with van der Waals surface area (Å²) in [5.74, 6) is 0. The largest absolute Gasteiger partial charge is 0.394 e. The summed E-state index contributed by atoms with van der Waals surface area (Å²) in [6.07, 6.45) is 0. The molecule has 0 unspecified atom stereocenters. The third-order valence-electron chi connectivity index (χ3n) is 2.19. The number of nitrogens with one attached hydrogen (secondary N) is 2. The second-order valence-electron chi connectivity index (χ2n) is 4.48. The van der Waals surface area contributed by atoms with Gasteiger partial charge in [0, 0.05) is 11.6 Å². The summed E-state index contributed by atoms with van der Waals surface area (Å²) in [6.45, 7) is 3.77. The van der Waals surface area contributed by atoms with Crippen LogP contribution in [0.15, 0.2) is 24.3 Å². The van der Waals surface area contributed by atoms with Crippen LogP contribution in [0.25, 0.3) is 0 Å². The van der Waals surface area contributed by atoms with Gasteiger partial charge in [-0.15, -0.1) is 0 Å². The lowest BCUT2D eigenvalue weighted by atomic mass is 10.1. The molecule has 0 spiro atoms. The van der Waals surface area contributed by atoms with E-state index in [9.17, 15) is 4.79 Å². The molecule has 0 heterocycles. The number of benzene rings is 1. The maximum absolute atomic E-state index is 11.5. The van der Waals surface area contributed by atoms with Gasteiger partial charge in [0.25, 0.3) is 0 Å². The van der Waals surface area contributed by atoms with Gasteiger partial charge in [0.05, 0.1) is 12.1 Å². The van der Waals surface area contributed by atoms with E-state index in [0.29, 0.717) is 11.6 Å². The van der Waals surface area contributed by atoms with Crippen LogP contribution in [0.5, 0.6) is 0 Å². The third-order valence-corrected chi connectivity index (χ3v) is 2.42. The number of urea groups is 1. The molecule has 4 nitrogen and oxygen atoms in total. The Morgan fingerprint density at radius 3 is 2.76 bits per heavy atom. The maximum Gasteiger partial charge on any atom is 0.315 e.